The first-order chi connectivity index (χ1) is 5.72. The summed E-state index contributed by atoms with van der Waals surface area (Å²) in [6, 6.07) is 0. The number of hydrogen-bond donors (Lipinski definition) is 2. The van der Waals surface area contributed by atoms with Gasteiger partial charge in [-0.3, -0.25) is 0 Å². The Hall–Kier alpha value is 0.270. The Labute approximate surface area is 78.1 Å². The van der Waals surface area contributed by atoms with Crippen LogP contribution in [-0.2, 0) is 0 Å². The Morgan fingerprint density at radius 1 is 1.58 bits per heavy atom. The molecule has 2 N–H and O–H groups in total. The average molecular weight is 187 g/mol. The van der Waals surface area contributed by atoms with Gasteiger partial charge in [-0.2, -0.15) is 11.8 Å². The fourth-order valence-corrected chi connectivity index (χ4v) is 3.47. The Morgan fingerprint density at radius 3 is 2.75 bits per heavy atom. The van der Waals surface area contributed by atoms with E-state index in [-0.39, 0.29) is 10.9 Å². The molecule has 2 fully saturated rings. The second kappa shape index (κ2) is 3.20. The lowest BCUT2D eigenvalue weighted by Crippen LogP contribution is -2.54. The van der Waals surface area contributed by atoms with E-state index in [1.807, 2.05) is 11.8 Å². The zero-order valence-corrected chi connectivity index (χ0v) is 8.36. The van der Waals surface area contributed by atoms with E-state index in [0.29, 0.717) is 5.92 Å². The van der Waals surface area contributed by atoms with Crippen molar-refractivity contribution >= 4 is 11.8 Å². The summed E-state index contributed by atoms with van der Waals surface area (Å²) in [5.74, 6) is 1.74. The van der Waals surface area contributed by atoms with Gasteiger partial charge in [0.05, 0.1) is 6.10 Å². The maximum absolute atomic E-state index is 10.1. The molecule has 2 rings (SSSR count). The number of nitrogens with one attached hydrogen (secondary N) is 1. The van der Waals surface area contributed by atoms with E-state index in [9.17, 15) is 5.11 Å². The molecule has 0 bridgehead atoms. The Kier molecular flexibility index (Phi) is 2.36. The number of aliphatic hydroxyl groups is 1. The van der Waals surface area contributed by atoms with Crippen LogP contribution in [0, 0.1) is 5.92 Å². The van der Waals surface area contributed by atoms with Gasteiger partial charge in [0.15, 0.2) is 0 Å². The van der Waals surface area contributed by atoms with Crippen molar-refractivity contribution in [3.8, 4) is 0 Å². The predicted octanol–water partition coefficient (Wildman–Crippen LogP) is 0.852. The SMILES string of the molecule is CC1(C(O)C2CNC2)CCCS1. The summed E-state index contributed by atoms with van der Waals surface area (Å²) in [4.78, 5) is 0. The van der Waals surface area contributed by atoms with Crippen molar-refractivity contribution in [3.05, 3.63) is 0 Å². The van der Waals surface area contributed by atoms with E-state index in [0.717, 1.165) is 13.1 Å². The van der Waals surface area contributed by atoms with Crippen molar-refractivity contribution in [3.63, 3.8) is 0 Å². The highest BCUT2D eigenvalue weighted by atomic mass is 32.2. The monoisotopic (exact) mass is 187 g/mol. The van der Waals surface area contributed by atoms with E-state index in [4.69, 9.17) is 0 Å². The minimum Gasteiger partial charge on any atom is -0.391 e. The van der Waals surface area contributed by atoms with Crippen molar-refractivity contribution in [1.29, 1.82) is 0 Å². The molecule has 12 heavy (non-hydrogen) atoms. The first kappa shape index (κ1) is 8.85. The van der Waals surface area contributed by atoms with Crippen molar-refractivity contribution < 1.29 is 5.11 Å². The van der Waals surface area contributed by atoms with Crippen LogP contribution in [0.4, 0.5) is 0 Å². The van der Waals surface area contributed by atoms with E-state index >= 15 is 0 Å². The quantitative estimate of drug-likeness (QED) is 0.672. The van der Waals surface area contributed by atoms with Gasteiger partial charge in [-0.15, -0.1) is 0 Å². The number of rotatable bonds is 2. The largest absolute Gasteiger partial charge is 0.391 e. The third kappa shape index (κ3) is 1.38. The molecule has 2 saturated heterocycles. The van der Waals surface area contributed by atoms with Crippen LogP contribution in [0.15, 0.2) is 0 Å². The van der Waals surface area contributed by atoms with Gasteiger partial charge in [-0.05, 0) is 25.5 Å². The van der Waals surface area contributed by atoms with Gasteiger partial charge in [-0.25, -0.2) is 0 Å². The second-order valence-electron chi connectivity index (χ2n) is 4.13. The Balaban J connectivity index is 1.96. The van der Waals surface area contributed by atoms with Gasteiger partial charge in [0.1, 0.15) is 0 Å². The van der Waals surface area contributed by atoms with Crippen LogP contribution in [0.3, 0.4) is 0 Å². The summed E-state index contributed by atoms with van der Waals surface area (Å²) >= 11 is 1.95. The van der Waals surface area contributed by atoms with Gasteiger partial charge in [0.25, 0.3) is 0 Å². The average Bonchev–Trinajstić information content (AvgIpc) is 2.33. The zero-order valence-electron chi connectivity index (χ0n) is 7.55. The third-order valence-corrected chi connectivity index (χ3v) is 4.73. The molecule has 70 valence electrons. The molecule has 0 spiro atoms. The molecule has 2 heterocycles. The molecule has 0 aliphatic carbocycles. The molecular weight excluding hydrogens is 170 g/mol. The molecule has 0 radical (unpaired) electrons. The highest BCUT2D eigenvalue weighted by molar-refractivity contribution is 8.00. The molecule has 0 aromatic rings. The van der Waals surface area contributed by atoms with E-state index in [1.165, 1.54) is 18.6 Å². The molecule has 0 aromatic carbocycles. The van der Waals surface area contributed by atoms with Crippen LogP contribution in [0.2, 0.25) is 0 Å². The molecule has 3 heteroatoms. The molecule has 2 atom stereocenters. The van der Waals surface area contributed by atoms with Gasteiger partial charge in [-0.1, -0.05) is 0 Å². The van der Waals surface area contributed by atoms with Gasteiger partial charge in [0, 0.05) is 23.8 Å². The number of aliphatic hydroxyl groups excluding tert-OH is 1. The fourth-order valence-electron chi connectivity index (χ4n) is 2.07. The molecule has 2 aliphatic rings. The van der Waals surface area contributed by atoms with Crippen LogP contribution < -0.4 is 5.32 Å². The van der Waals surface area contributed by atoms with Crippen LogP contribution in [0.25, 0.3) is 0 Å². The van der Waals surface area contributed by atoms with Crippen LogP contribution >= 0.6 is 11.8 Å². The molecule has 2 nitrogen and oxygen atoms in total. The van der Waals surface area contributed by atoms with E-state index in [2.05, 4.69) is 12.2 Å². The van der Waals surface area contributed by atoms with Gasteiger partial charge >= 0.3 is 0 Å². The highest BCUT2D eigenvalue weighted by Gasteiger charge is 2.42. The first-order valence-electron chi connectivity index (χ1n) is 4.75. The lowest BCUT2D eigenvalue weighted by atomic mass is 9.85. The fraction of sp³-hybridized carbons (Fsp3) is 1.00. The predicted molar refractivity (Wildman–Crippen MR) is 52.5 cm³/mol. The summed E-state index contributed by atoms with van der Waals surface area (Å²) in [5.41, 5.74) is 0. The smallest absolute Gasteiger partial charge is 0.0736 e. The van der Waals surface area contributed by atoms with Crippen LogP contribution in [0.5, 0.6) is 0 Å². The van der Waals surface area contributed by atoms with Crippen molar-refractivity contribution in [1.82, 2.24) is 5.32 Å². The lowest BCUT2D eigenvalue weighted by Gasteiger charge is -2.40. The Bertz CT molecular complexity index is 164. The van der Waals surface area contributed by atoms with E-state index < -0.39 is 0 Å². The molecule has 2 unspecified atom stereocenters. The summed E-state index contributed by atoms with van der Waals surface area (Å²) in [6.07, 6.45) is 2.37. The van der Waals surface area contributed by atoms with Gasteiger partial charge < -0.3 is 10.4 Å². The number of hydrogen-bond acceptors (Lipinski definition) is 3. The van der Waals surface area contributed by atoms with Crippen molar-refractivity contribution in [2.45, 2.75) is 30.6 Å². The van der Waals surface area contributed by atoms with E-state index in [1.54, 1.807) is 0 Å². The normalized spacial score (nSPS) is 39.5. The molecular formula is C9H17NOS. The topological polar surface area (TPSA) is 32.3 Å². The third-order valence-electron chi connectivity index (χ3n) is 3.13. The maximum atomic E-state index is 10.1. The second-order valence-corrected chi connectivity index (χ2v) is 5.76. The minimum atomic E-state index is -0.0914. The number of thioether (sulfide) groups is 1. The standard InChI is InChI=1S/C9H17NOS/c1-9(3-2-4-12-9)8(11)7-5-10-6-7/h7-8,10-11H,2-6H2,1H3. The lowest BCUT2D eigenvalue weighted by molar-refractivity contribution is 0.0467. The minimum absolute atomic E-state index is 0.0914. The van der Waals surface area contributed by atoms with Crippen molar-refractivity contribution in [2.24, 2.45) is 5.92 Å². The summed E-state index contributed by atoms with van der Waals surface area (Å²) in [5, 5.41) is 13.3. The van der Waals surface area contributed by atoms with Gasteiger partial charge in [0.2, 0.25) is 0 Å². The molecule has 0 aromatic heterocycles. The van der Waals surface area contributed by atoms with Crippen molar-refractivity contribution in [2.75, 3.05) is 18.8 Å². The zero-order chi connectivity index (χ0) is 8.60. The maximum Gasteiger partial charge on any atom is 0.0736 e. The summed E-state index contributed by atoms with van der Waals surface area (Å²) in [6.45, 7) is 4.24. The summed E-state index contributed by atoms with van der Waals surface area (Å²) in [7, 11) is 0. The molecule has 0 amide bonds. The summed E-state index contributed by atoms with van der Waals surface area (Å²) < 4.78 is 0.159. The Morgan fingerprint density at radius 2 is 2.33 bits per heavy atom. The highest BCUT2D eigenvalue weighted by Crippen LogP contribution is 2.43. The molecule has 0 saturated carbocycles. The molecule has 2 aliphatic heterocycles. The first-order valence-corrected chi connectivity index (χ1v) is 5.74. The van der Waals surface area contributed by atoms with Crippen LogP contribution in [-0.4, -0.2) is 34.8 Å². The van der Waals surface area contributed by atoms with Crippen LogP contribution in [0.1, 0.15) is 19.8 Å².